The highest BCUT2D eigenvalue weighted by molar-refractivity contribution is 5.81. The van der Waals surface area contributed by atoms with Crippen molar-refractivity contribution < 1.29 is 50.9 Å². The van der Waals surface area contributed by atoms with Crippen LogP contribution in [0.1, 0.15) is 36.3 Å². The number of hydrogen-bond donors (Lipinski definition) is 3. The molecule has 3 heterocycles. The van der Waals surface area contributed by atoms with Gasteiger partial charge < -0.3 is 15.5 Å². The SMILES string of the molecule is O=C(O)C(F)(F)F.O=C(O)C(F)(F)F.O=C1CC(c2ccccc2)C2(CCN(Cc3cccnc3)CC2)N1. The van der Waals surface area contributed by atoms with Crippen molar-refractivity contribution in [3.8, 4) is 0 Å². The largest absolute Gasteiger partial charge is 0.490 e. The van der Waals surface area contributed by atoms with Crippen LogP contribution in [0, 0.1) is 0 Å². The number of benzene rings is 1. The average Bonchev–Trinajstić information content (AvgIpc) is 3.17. The smallest absolute Gasteiger partial charge is 0.475 e. The number of carboxylic acids is 2. The molecule has 1 spiro atoms. The first-order valence-corrected chi connectivity index (χ1v) is 11.2. The van der Waals surface area contributed by atoms with Crippen molar-refractivity contribution in [2.24, 2.45) is 0 Å². The Bertz CT molecular complexity index is 1050. The minimum absolute atomic E-state index is 0.0656. The number of amides is 1. The maximum Gasteiger partial charge on any atom is 0.490 e. The summed E-state index contributed by atoms with van der Waals surface area (Å²) in [6.45, 7) is 2.96. The molecule has 2 aromatic rings. The molecule has 8 nitrogen and oxygen atoms in total. The summed E-state index contributed by atoms with van der Waals surface area (Å²) in [6, 6.07) is 14.6. The van der Waals surface area contributed by atoms with E-state index in [0.717, 1.165) is 32.5 Å². The number of nitrogens with zero attached hydrogens (tertiary/aromatic N) is 2. The molecule has 2 aliphatic heterocycles. The van der Waals surface area contributed by atoms with Gasteiger partial charge in [0.15, 0.2) is 0 Å². The van der Waals surface area contributed by atoms with Crippen LogP contribution in [0.15, 0.2) is 54.9 Å². The van der Waals surface area contributed by atoms with Gasteiger partial charge in [-0.05, 0) is 30.0 Å². The number of carbonyl (C=O) groups is 3. The molecule has 14 heteroatoms. The fourth-order valence-corrected chi connectivity index (χ4v) is 4.25. The van der Waals surface area contributed by atoms with Crippen LogP contribution in [0.3, 0.4) is 0 Å². The molecule has 38 heavy (non-hydrogen) atoms. The van der Waals surface area contributed by atoms with Crippen molar-refractivity contribution in [1.82, 2.24) is 15.2 Å². The minimum Gasteiger partial charge on any atom is -0.475 e. The van der Waals surface area contributed by atoms with Crippen LogP contribution < -0.4 is 5.32 Å². The number of alkyl halides is 6. The van der Waals surface area contributed by atoms with Crippen molar-refractivity contribution in [2.75, 3.05) is 13.1 Å². The van der Waals surface area contributed by atoms with E-state index in [9.17, 15) is 31.1 Å². The molecule has 1 unspecified atom stereocenters. The second kappa shape index (κ2) is 12.7. The van der Waals surface area contributed by atoms with Crippen LogP contribution in [0.5, 0.6) is 0 Å². The maximum absolute atomic E-state index is 12.1. The third kappa shape index (κ3) is 9.01. The van der Waals surface area contributed by atoms with Crippen LogP contribution >= 0.6 is 0 Å². The molecule has 1 aromatic carbocycles. The Hall–Kier alpha value is -3.68. The van der Waals surface area contributed by atoms with Crippen LogP contribution in [0.2, 0.25) is 0 Å². The van der Waals surface area contributed by atoms with E-state index in [0.29, 0.717) is 12.3 Å². The highest BCUT2D eigenvalue weighted by Crippen LogP contribution is 2.43. The van der Waals surface area contributed by atoms with Crippen molar-refractivity contribution in [3.63, 3.8) is 0 Å². The first kappa shape index (κ1) is 30.5. The van der Waals surface area contributed by atoms with E-state index < -0.39 is 24.3 Å². The second-order valence-corrected chi connectivity index (χ2v) is 8.61. The third-order valence-electron chi connectivity index (χ3n) is 6.01. The number of halogens is 6. The standard InChI is InChI=1S/C20H23N3O.2C2HF3O2/c24-19-13-18(17-6-2-1-3-7-17)20(22-19)8-11-23(12-9-20)15-16-5-4-10-21-14-16;2*3-2(4,5)1(6)7/h1-7,10,14,18H,8-9,11-13,15H2,(H,22,24);2*(H,6,7). The summed E-state index contributed by atoms with van der Waals surface area (Å²) < 4.78 is 63.5. The monoisotopic (exact) mass is 549 g/mol. The predicted octanol–water partition coefficient (Wildman–Crippen LogP) is 3.99. The van der Waals surface area contributed by atoms with Gasteiger partial charge in [-0.25, -0.2) is 9.59 Å². The Balaban J connectivity index is 0.000000301. The number of aromatic nitrogens is 1. The number of aliphatic carboxylic acids is 2. The molecular formula is C24H25F6N3O5. The summed E-state index contributed by atoms with van der Waals surface area (Å²) >= 11 is 0. The second-order valence-electron chi connectivity index (χ2n) is 8.61. The van der Waals surface area contributed by atoms with Crippen LogP contribution in [0.25, 0.3) is 0 Å². The lowest BCUT2D eigenvalue weighted by Gasteiger charge is -2.43. The molecule has 208 valence electrons. The summed E-state index contributed by atoms with van der Waals surface area (Å²) in [5, 5.41) is 17.6. The number of carbonyl (C=O) groups excluding carboxylic acids is 1. The van der Waals surface area contributed by atoms with Crippen molar-refractivity contribution in [2.45, 2.75) is 49.6 Å². The lowest BCUT2D eigenvalue weighted by atomic mass is 9.74. The highest BCUT2D eigenvalue weighted by Gasteiger charge is 2.48. The summed E-state index contributed by atoms with van der Waals surface area (Å²) in [6.07, 6.45) is -3.77. The molecule has 0 saturated carbocycles. The van der Waals surface area contributed by atoms with Gasteiger partial charge >= 0.3 is 24.3 Å². The quantitative estimate of drug-likeness (QED) is 0.496. The van der Waals surface area contributed by atoms with E-state index >= 15 is 0 Å². The Morgan fingerprint density at radius 2 is 1.47 bits per heavy atom. The summed E-state index contributed by atoms with van der Waals surface area (Å²) in [4.78, 5) is 36.6. The summed E-state index contributed by atoms with van der Waals surface area (Å²) in [5.74, 6) is -5.02. The predicted molar refractivity (Wildman–Crippen MR) is 121 cm³/mol. The molecule has 1 aromatic heterocycles. The first-order valence-electron chi connectivity index (χ1n) is 11.2. The van der Waals surface area contributed by atoms with Gasteiger partial charge in [-0.15, -0.1) is 0 Å². The van der Waals surface area contributed by atoms with Crippen molar-refractivity contribution in [1.29, 1.82) is 0 Å². The van der Waals surface area contributed by atoms with Crippen molar-refractivity contribution in [3.05, 3.63) is 66.0 Å². The van der Waals surface area contributed by atoms with Crippen molar-refractivity contribution >= 4 is 17.8 Å². The number of carboxylic acid groups (broad SMARTS) is 2. The van der Waals surface area contributed by atoms with Gasteiger partial charge in [0.25, 0.3) is 0 Å². The topological polar surface area (TPSA) is 120 Å². The Morgan fingerprint density at radius 3 is 1.92 bits per heavy atom. The molecule has 2 aliphatic rings. The normalized spacial score (nSPS) is 18.9. The zero-order valence-corrected chi connectivity index (χ0v) is 19.8. The fourth-order valence-electron chi connectivity index (χ4n) is 4.25. The fraction of sp³-hybridized carbons (Fsp3) is 0.417. The Morgan fingerprint density at radius 1 is 0.947 bits per heavy atom. The lowest BCUT2D eigenvalue weighted by molar-refractivity contribution is -0.193. The Kier molecular flexibility index (Phi) is 10.2. The van der Waals surface area contributed by atoms with E-state index in [1.54, 1.807) is 0 Å². The number of likely N-dealkylation sites (tertiary alicyclic amines) is 1. The summed E-state index contributed by atoms with van der Waals surface area (Å²) in [7, 11) is 0. The highest BCUT2D eigenvalue weighted by atomic mass is 19.4. The zero-order chi connectivity index (χ0) is 28.6. The lowest BCUT2D eigenvalue weighted by Crippen LogP contribution is -2.53. The van der Waals surface area contributed by atoms with Gasteiger partial charge in [0.1, 0.15) is 0 Å². The third-order valence-corrected chi connectivity index (χ3v) is 6.01. The molecule has 1 amide bonds. The van der Waals surface area contributed by atoms with Gasteiger partial charge in [-0.2, -0.15) is 26.3 Å². The molecule has 2 saturated heterocycles. The molecule has 0 bridgehead atoms. The maximum atomic E-state index is 12.1. The van der Waals surface area contributed by atoms with E-state index in [1.807, 2.05) is 24.5 Å². The first-order chi connectivity index (χ1) is 17.6. The molecule has 1 atom stereocenters. The van der Waals surface area contributed by atoms with E-state index in [4.69, 9.17) is 19.8 Å². The molecule has 4 rings (SSSR count). The molecule has 0 aliphatic carbocycles. The minimum atomic E-state index is -5.08. The van der Waals surface area contributed by atoms with E-state index in [-0.39, 0.29) is 11.4 Å². The van der Waals surface area contributed by atoms with E-state index in [2.05, 4.69) is 45.5 Å². The van der Waals surface area contributed by atoms with Gasteiger partial charge in [-0.3, -0.25) is 14.7 Å². The van der Waals surface area contributed by atoms with Gasteiger partial charge in [0, 0.05) is 49.9 Å². The summed E-state index contributed by atoms with van der Waals surface area (Å²) in [5.41, 5.74) is 2.48. The van der Waals surface area contributed by atoms with E-state index in [1.165, 1.54) is 11.1 Å². The van der Waals surface area contributed by atoms with Gasteiger partial charge in [0.2, 0.25) is 5.91 Å². The number of pyridine rings is 1. The average molecular weight is 549 g/mol. The number of nitrogens with one attached hydrogen (secondary N) is 1. The number of piperidine rings is 1. The number of hydrogen-bond acceptors (Lipinski definition) is 5. The van der Waals surface area contributed by atoms with Crippen LogP contribution in [-0.2, 0) is 20.9 Å². The number of rotatable bonds is 3. The zero-order valence-electron chi connectivity index (χ0n) is 19.8. The molecular weight excluding hydrogens is 524 g/mol. The Labute approximate surface area is 213 Å². The van der Waals surface area contributed by atoms with Crippen LogP contribution in [-0.4, -0.2) is 68.9 Å². The van der Waals surface area contributed by atoms with Gasteiger partial charge in [-0.1, -0.05) is 36.4 Å². The molecule has 0 radical (unpaired) electrons. The molecule has 3 N–H and O–H groups in total. The van der Waals surface area contributed by atoms with Crippen LogP contribution in [0.4, 0.5) is 26.3 Å². The molecule has 2 fully saturated rings. The van der Waals surface area contributed by atoms with Gasteiger partial charge in [0.05, 0.1) is 0 Å².